The molecule has 5 heteroatoms. The second kappa shape index (κ2) is 7.09. The summed E-state index contributed by atoms with van der Waals surface area (Å²) in [5.41, 5.74) is 1.03. The Labute approximate surface area is 130 Å². The van der Waals surface area contributed by atoms with Gasteiger partial charge in [0.1, 0.15) is 17.5 Å². The molecule has 0 aliphatic rings. The van der Waals surface area contributed by atoms with E-state index in [4.69, 9.17) is 0 Å². The zero-order valence-electron chi connectivity index (χ0n) is 11.5. The molecule has 0 fully saturated rings. The largest absolute Gasteiger partial charge is 0.306 e. The number of rotatable bonds is 5. The normalized spacial score (nSPS) is 12.4. The standard InChI is InChI=1S/C16H15BrF3N/c1-2-5-21-16(10-6-12(19)8-13(20)7-10)14-9-11(18)3-4-15(14)17/h3-4,6-9,16,21H,2,5H2,1H3. The SMILES string of the molecule is CCCNC(c1cc(F)cc(F)c1)c1cc(F)ccc1Br. The fraction of sp³-hybridized carbons (Fsp3) is 0.250. The van der Waals surface area contributed by atoms with Crippen LogP contribution < -0.4 is 5.32 Å². The van der Waals surface area contributed by atoms with Crippen LogP contribution in [-0.2, 0) is 0 Å². The molecular formula is C16H15BrF3N. The quantitative estimate of drug-likeness (QED) is 0.797. The number of nitrogens with one attached hydrogen (secondary N) is 1. The summed E-state index contributed by atoms with van der Waals surface area (Å²) in [6.45, 7) is 2.63. The van der Waals surface area contributed by atoms with Gasteiger partial charge in [0.2, 0.25) is 0 Å². The number of hydrogen-bond acceptors (Lipinski definition) is 1. The van der Waals surface area contributed by atoms with E-state index in [0.717, 1.165) is 12.5 Å². The number of benzene rings is 2. The van der Waals surface area contributed by atoms with Gasteiger partial charge in [-0.2, -0.15) is 0 Å². The maximum absolute atomic E-state index is 13.5. The van der Waals surface area contributed by atoms with Crippen LogP contribution in [-0.4, -0.2) is 6.54 Å². The Morgan fingerprint density at radius 2 is 1.67 bits per heavy atom. The van der Waals surface area contributed by atoms with Crippen molar-refractivity contribution >= 4 is 15.9 Å². The fourth-order valence-corrected chi connectivity index (χ4v) is 2.65. The summed E-state index contributed by atoms with van der Waals surface area (Å²) in [6, 6.07) is 7.13. The van der Waals surface area contributed by atoms with E-state index in [2.05, 4.69) is 21.2 Å². The van der Waals surface area contributed by atoms with Crippen molar-refractivity contribution in [2.24, 2.45) is 0 Å². The molecule has 2 aromatic carbocycles. The molecule has 1 unspecified atom stereocenters. The van der Waals surface area contributed by atoms with Crippen LogP contribution in [0.3, 0.4) is 0 Å². The molecule has 0 bridgehead atoms. The van der Waals surface area contributed by atoms with Gasteiger partial charge in [-0.05, 0) is 54.4 Å². The van der Waals surface area contributed by atoms with Crippen LogP contribution >= 0.6 is 15.9 Å². The molecule has 1 nitrogen and oxygen atoms in total. The molecule has 0 heterocycles. The van der Waals surface area contributed by atoms with Gasteiger partial charge >= 0.3 is 0 Å². The molecule has 1 N–H and O–H groups in total. The smallest absolute Gasteiger partial charge is 0.126 e. The van der Waals surface area contributed by atoms with Crippen LogP contribution in [0.4, 0.5) is 13.2 Å². The molecular weight excluding hydrogens is 343 g/mol. The molecule has 0 saturated carbocycles. The first kappa shape index (κ1) is 16.0. The van der Waals surface area contributed by atoms with Gasteiger partial charge in [-0.15, -0.1) is 0 Å². The van der Waals surface area contributed by atoms with Gasteiger partial charge in [0.25, 0.3) is 0 Å². The minimum atomic E-state index is -0.652. The molecule has 1 atom stereocenters. The first-order chi connectivity index (χ1) is 10.0. The van der Waals surface area contributed by atoms with E-state index < -0.39 is 23.5 Å². The molecule has 0 amide bonds. The first-order valence-corrected chi connectivity index (χ1v) is 7.45. The van der Waals surface area contributed by atoms with Gasteiger partial charge in [-0.25, -0.2) is 13.2 Å². The maximum atomic E-state index is 13.5. The summed E-state index contributed by atoms with van der Waals surface area (Å²) in [7, 11) is 0. The lowest BCUT2D eigenvalue weighted by Gasteiger charge is -2.21. The summed E-state index contributed by atoms with van der Waals surface area (Å²) in [4.78, 5) is 0. The molecule has 0 spiro atoms. The Balaban J connectivity index is 2.49. The molecule has 0 radical (unpaired) electrons. The Kier molecular flexibility index (Phi) is 5.42. The van der Waals surface area contributed by atoms with E-state index in [1.165, 1.54) is 24.3 Å². The summed E-state index contributed by atoms with van der Waals surface area (Å²) >= 11 is 3.36. The van der Waals surface area contributed by atoms with Crippen molar-refractivity contribution in [1.82, 2.24) is 5.32 Å². The molecule has 112 valence electrons. The lowest BCUT2D eigenvalue weighted by atomic mass is 9.98. The third kappa shape index (κ3) is 4.08. The van der Waals surface area contributed by atoms with Gasteiger partial charge in [0, 0.05) is 10.5 Å². The first-order valence-electron chi connectivity index (χ1n) is 6.65. The number of halogens is 4. The third-order valence-corrected chi connectivity index (χ3v) is 3.81. The van der Waals surface area contributed by atoms with Crippen LogP contribution in [0.15, 0.2) is 40.9 Å². The van der Waals surface area contributed by atoms with Crippen molar-refractivity contribution in [3.63, 3.8) is 0 Å². The Bertz CT molecular complexity index is 611. The minimum absolute atomic E-state index is 0.395. The van der Waals surface area contributed by atoms with Crippen LogP contribution in [0.2, 0.25) is 0 Å². The Hall–Kier alpha value is -1.33. The van der Waals surface area contributed by atoms with Crippen LogP contribution in [0, 0.1) is 17.5 Å². The lowest BCUT2D eigenvalue weighted by molar-refractivity contribution is 0.555. The molecule has 0 aromatic heterocycles. The maximum Gasteiger partial charge on any atom is 0.126 e. The van der Waals surface area contributed by atoms with E-state index in [0.29, 0.717) is 22.1 Å². The monoisotopic (exact) mass is 357 g/mol. The highest BCUT2D eigenvalue weighted by molar-refractivity contribution is 9.10. The summed E-state index contributed by atoms with van der Waals surface area (Å²) < 4.78 is 41.1. The average molecular weight is 358 g/mol. The van der Waals surface area contributed by atoms with Crippen LogP contribution in [0.1, 0.15) is 30.5 Å². The van der Waals surface area contributed by atoms with Crippen LogP contribution in [0.5, 0.6) is 0 Å². The third-order valence-electron chi connectivity index (χ3n) is 3.09. The highest BCUT2D eigenvalue weighted by Crippen LogP contribution is 2.30. The van der Waals surface area contributed by atoms with Gasteiger partial charge in [-0.3, -0.25) is 0 Å². The molecule has 2 rings (SSSR count). The van der Waals surface area contributed by atoms with Gasteiger partial charge in [0.15, 0.2) is 0 Å². The summed E-state index contributed by atoms with van der Waals surface area (Å²) in [6.07, 6.45) is 0.848. The second-order valence-corrected chi connectivity index (χ2v) is 5.61. The lowest BCUT2D eigenvalue weighted by Crippen LogP contribution is -2.24. The molecule has 2 aromatic rings. The van der Waals surface area contributed by atoms with Crippen molar-refractivity contribution in [1.29, 1.82) is 0 Å². The molecule has 0 aliphatic carbocycles. The molecule has 0 aliphatic heterocycles. The Morgan fingerprint density at radius 3 is 2.29 bits per heavy atom. The summed E-state index contributed by atoms with van der Waals surface area (Å²) in [5, 5.41) is 3.19. The highest BCUT2D eigenvalue weighted by Gasteiger charge is 2.18. The van der Waals surface area contributed by atoms with Gasteiger partial charge in [0.05, 0.1) is 6.04 Å². The average Bonchev–Trinajstić information content (AvgIpc) is 2.42. The predicted octanol–water partition coefficient (Wildman–Crippen LogP) is 4.96. The zero-order chi connectivity index (χ0) is 15.4. The van der Waals surface area contributed by atoms with Gasteiger partial charge in [-0.1, -0.05) is 22.9 Å². The van der Waals surface area contributed by atoms with E-state index in [-0.39, 0.29) is 0 Å². The molecule has 21 heavy (non-hydrogen) atoms. The predicted molar refractivity (Wildman–Crippen MR) is 80.6 cm³/mol. The number of hydrogen-bond donors (Lipinski definition) is 1. The van der Waals surface area contributed by atoms with E-state index in [1.54, 1.807) is 6.07 Å². The Morgan fingerprint density at radius 1 is 1.00 bits per heavy atom. The minimum Gasteiger partial charge on any atom is -0.306 e. The van der Waals surface area contributed by atoms with E-state index >= 15 is 0 Å². The van der Waals surface area contributed by atoms with Crippen molar-refractivity contribution < 1.29 is 13.2 Å². The van der Waals surface area contributed by atoms with Crippen molar-refractivity contribution in [3.05, 3.63) is 69.4 Å². The van der Waals surface area contributed by atoms with E-state index in [9.17, 15) is 13.2 Å². The molecule has 0 saturated heterocycles. The zero-order valence-corrected chi connectivity index (χ0v) is 13.1. The van der Waals surface area contributed by atoms with Gasteiger partial charge < -0.3 is 5.32 Å². The van der Waals surface area contributed by atoms with Crippen molar-refractivity contribution in [2.75, 3.05) is 6.54 Å². The topological polar surface area (TPSA) is 12.0 Å². The summed E-state index contributed by atoms with van der Waals surface area (Å²) in [5.74, 6) is -1.70. The van der Waals surface area contributed by atoms with Crippen LogP contribution in [0.25, 0.3) is 0 Å². The highest BCUT2D eigenvalue weighted by atomic mass is 79.9. The van der Waals surface area contributed by atoms with E-state index in [1.807, 2.05) is 6.92 Å². The second-order valence-electron chi connectivity index (χ2n) is 4.76. The van der Waals surface area contributed by atoms with Crippen molar-refractivity contribution in [2.45, 2.75) is 19.4 Å². The van der Waals surface area contributed by atoms with Crippen molar-refractivity contribution in [3.8, 4) is 0 Å². The fourth-order valence-electron chi connectivity index (χ4n) is 2.17.